The minimum Gasteiger partial charge on any atom is -0.307 e. The van der Waals surface area contributed by atoms with Crippen LogP contribution in [0.5, 0.6) is 0 Å². The monoisotopic (exact) mass is 440 g/mol. The Balaban J connectivity index is 1.89. The molecule has 0 saturated heterocycles. The number of aryl methyl sites for hydroxylation is 2. The summed E-state index contributed by atoms with van der Waals surface area (Å²) in [7, 11) is -2.33. The number of benzene rings is 2. The highest BCUT2D eigenvalue weighted by Gasteiger charge is 2.24. The molecule has 0 aliphatic heterocycles. The third kappa shape index (κ3) is 4.80. The molecule has 2 aromatic carbocycles. The number of carbonyl (C=O) groups is 1. The fraction of sp³-hybridized carbons (Fsp3) is 0.304. The van der Waals surface area contributed by atoms with Gasteiger partial charge < -0.3 is 5.32 Å². The molecule has 1 aromatic heterocycles. The minimum atomic E-state index is -3.83. The second-order valence-electron chi connectivity index (χ2n) is 8.54. The van der Waals surface area contributed by atoms with Crippen molar-refractivity contribution in [2.75, 3.05) is 16.7 Å². The number of hydrogen-bond donors (Lipinski definition) is 1. The molecule has 0 unspecified atom stereocenters. The first-order chi connectivity index (χ1) is 14.4. The van der Waals surface area contributed by atoms with Gasteiger partial charge in [-0.2, -0.15) is 5.10 Å². The summed E-state index contributed by atoms with van der Waals surface area (Å²) in [4.78, 5) is 12.9. The number of amides is 1. The summed E-state index contributed by atoms with van der Waals surface area (Å²) < 4.78 is 29.2. The lowest BCUT2D eigenvalue weighted by molar-refractivity contribution is 0.102. The summed E-state index contributed by atoms with van der Waals surface area (Å²) in [5, 5.41) is 7.30. The van der Waals surface area contributed by atoms with Crippen molar-refractivity contribution in [2.24, 2.45) is 0 Å². The zero-order chi connectivity index (χ0) is 23.0. The molecular weight excluding hydrogens is 412 g/mol. The van der Waals surface area contributed by atoms with Gasteiger partial charge in [0.05, 0.1) is 21.8 Å². The molecular formula is C23H28N4O3S. The predicted molar refractivity (Wildman–Crippen MR) is 123 cm³/mol. The fourth-order valence-electron chi connectivity index (χ4n) is 3.14. The van der Waals surface area contributed by atoms with Crippen LogP contribution in [0.25, 0.3) is 0 Å². The Bertz CT molecular complexity index is 1210. The van der Waals surface area contributed by atoms with Gasteiger partial charge in [-0.05, 0) is 65.0 Å². The van der Waals surface area contributed by atoms with Gasteiger partial charge in [-0.1, -0.05) is 23.8 Å². The molecule has 0 aliphatic rings. The molecule has 3 rings (SSSR count). The number of hydrogen-bond acceptors (Lipinski definition) is 4. The molecule has 0 radical (unpaired) electrons. The van der Waals surface area contributed by atoms with Crippen LogP contribution in [0.3, 0.4) is 0 Å². The molecule has 0 saturated carbocycles. The van der Waals surface area contributed by atoms with E-state index in [0.717, 1.165) is 11.3 Å². The average Bonchev–Trinajstić information content (AvgIpc) is 3.08. The Kier molecular flexibility index (Phi) is 5.96. The highest BCUT2D eigenvalue weighted by Crippen LogP contribution is 2.25. The number of aromatic nitrogens is 2. The molecule has 3 aromatic rings. The molecule has 0 aliphatic carbocycles. The Hall–Kier alpha value is -3.13. The second kappa shape index (κ2) is 8.19. The summed E-state index contributed by atoms with van der Waals surface area (Å²) >= 11 is 0. The van der Waals surface area contributed by atoms with Crippen molar-refractivity contribution in [3.8, 4) is 0 Å². The number of nitrogens with one attached hydrogen (secondary N) is 1. The largest absolute Gasteiger partial charge is 0.307 e. The van der Waals surface area contributed by atoms with Crippen LogP contribution in [0, 0.1) is 13.8 Å². The summed E-state index contributed by atoms with van der Waals surface area (Å²) in [6, 6.07) is 15.0. The molecule has 0 atom stereocenters. The molecule has 1 amide bonds. The van der Waals surface area contributed by atoms with Crippen LogP contribution in [0.2, 0.25) is 0 Å². The molecule has 7 nitrogen and oxygen atoms in total. The number of rotatable bonds is 5. The van der Waals surface area contributed by atoms with E-state index in [4.69, 9.17) is 0 Å². The van der Waals surface area contributed by atoms with E-state index < -0.39 is 15.9 Å². The Morgan fingerprint density at radius 3 is 2.29 bits per heavy atom. The van der Waals surface area contributed by atoms with Gasteiger partial charge >= 0.3 is 0 Å². The molecule has 0 spiro atoms. The SMILES string of the molecule is Cc1ccc(N(C)S(=O)(=O)c2cccc(C(=O)Nc3cc(C)nn3C(C)(C)C)c2)cc1. The normalized spacial score (nSPS) is 11.9. The van der Waals surface area contributed by atoms with E-state index in [9.17, 15) is 13.2 Å². The first-order valence-electron chi connectivity index (χ1n) is 9.94. The van der Waals surface area contributed by atoms with Crippen LogP contribution in [0.4, 0.5) is 11.5 Å². The Morgan fingerprint density at radius 1 is 1.03 bits per heavy atom. The van der Waals surface area contributed by atoms with Gasteiger partial charge in [0.15, 0.2) is 0 Å². The molecule has 1 heterocycles. The third-order valence-corrected chi connectivity index (χ3v) is 6.64. The topological polar surface area (TPSA) is 84.3 Å². The van der Waals surface area contributed by atoms with Crippen molar-refractivity contribution in [3.63, 3.8) is 0 Å². The van der Waals surface area contributed by atoms with Gasteiger partial charge in [-0.15, -0.1) is 0 Å². The first kappa shape index (κ1) is 22.6. The first-order valence-corrected chi connectivity index (χ1v) is 11.4. The van der Waals surface area contributed by atoms with E-state index in [-0.39, 0.29) is 16.0 Å². The maximum absolute atomic E-state index is 13.1. The van der Waals surface area contributed by atoms with Crippen molar-refractivity contribution in [1.29, 1.82) is 0 Å². The van der Waals surface area contributed by atoms with Crippen LogP contribution >= 0.6 is 0 Å². The van der Waals surface area contributed by atoms with Crippen LogP contribution in [-0.4, -0.2) is 31.2 Å². The Morgan fingerprint density at radius 2 is 1.68 bits per heavy atom. The number of sulfonamides is 1. The number of nitrogens with zero attached hydrogens (tertiary/aromatic N) is 3. The zero-order valence-electron chi connectivity index (χ0n) is 18.7. The summed E-state index contributed by atoms with van der Waals surface area (Å²) in [5.41, 5.74) is 2.29. The number of anilines is 2. The molecule has 0 bridgehead atoms. The van der Waals surface area contributed by atoms with E-state index >= 15 is 0 Å². The molecule has 164 valence electrons. The van der Waals surface area contributed by atoms with Gasteiger partial charge in [0.25, 0.3) is 15.9 Å². The van der Waals surface area contributed by atoms with Gasteiger partial charge in [0.2, 0.25) is 0 Å². The molecule has 8 heteroatoms. The van der Waals surface area contributed by atoms with Crippen molar-refractivity contribution in [2.45, 2.75) is 45.1 Å². The predicted octanol–water partition coefficient (Wildman–Crippen LogP) is 4.33. The van der Waals surface area contributed by atoms with Gasteiger partial charge in [0.1, 0.15) is 5.82 Å². The summed E-state index contributed by atoms with van der Waals surface area (Å²) in [6.07, 6.45) is 0. The minimum absolute atomic E-state index is 0.0451. The van der Waals surface area contributed by atoms with Gasteiger partial charge in [0, 0.05) is 18.7 Å². The van der Waals surface area contributed by atoms with Crippen LogP contribution in [0.1, 0.15) is 42.4 Å². The molecule has 0 fully saturated rings. The van der Waals surface area contributed by atoms with Crippen molar-refractivity contribution >= 4 is 27.4 Å². The average molecular weight is 441 g/mol. The summed E-state index contributed by atoms with van der Waals surface area (Å²) in [5.74, 6) is 0.153. The van der Waals surface area contributed by atoms with E-state index in [1.54, 1.807) is 35.0 Å². The Labute approximate surface area is 183 Å². The highest BCUT2D eigenvalue weighted by molar-refractivity contribution is 7.92. The van der Waals surface area contributed by atoms with Crippen molar-refractivity contribution < 1.29 is 13.2 Å². The smallest absolute Gasteiger partial charge is 0.264 e. The van der Waals surface area contributed by atoms with Crippen LogP contribution in [-0.2, 0) is 15.6 Å². The van der Waals surface area contributed by atoms with E-state index in [2.05, 4.69) is 10.4 Å². The highest BCUT2D eigenvalue weighted by atomic mass is 32.2. The van der Waals surface area contributed by atoms with Gasteiger partial charge in [-0.3, -0.25) is 9.10 Å². The van der Waals surface area contributed by atoms with E-state index in [1.807, 2.05) is 46.8 Å². The van der Waals surface area contributed by atoms with Crippen LogP contribution < -0.4 is 9.62 Å². The van der Waals surface area contributed by atoms with E-state index in [1.165, 1.54) is 23.5 Å². The fourth-order valence-corrected chi connectivity index (χ4v) is 4.38. The second-order valence-corrected chi connectivity index (χ2v) is 10.5. The summed E-state index contributed by atoms with van der Waals surface area (Å²) in [6.45, 7) is 9.76. The molecule has 31 heavy (non-hydrogen) atoms. The maximum atomic E-state index is 13.1. The van der Waals surface area contributed by atoms with Crippen LogP contribution in [0.15, 0.2) is 59.5 Å². The van der Waals surface area contributed by atoms with Crippen molar-refractivity contribution in [3.05, 3.63) is 71.4 Å². The molecule has 1 N–H and O–H groups in total. The number of carbonyl (C=O) groups excluding carboxylic acids is 1. The van der Waals surface area contributed by atoms with Gasteiger partial charge in [-0.25, -0.2) is 13.1 Å². The standard InChI is InChI=1S/C23H28N4O3S/c1-16-10-12-19(13-11-16)26(6)31(29,30)20-9-7-8-18(15-20)22(28)24-21-14-17(2)25-27(21)23(3,4)5/h7-15H,1-6H3,(H,24,28). The van der Waals surface area contributed by atoms with Crippen molar-refractivity contribution in [1.82, 2.24) is 9.78 Å². The zero-order valence-corrected chi connectivity index (χ0v) is 19.5. The third-order valence-electron chi connectivity index (χ3n) is 4.86. The lowest BCUT2D eigenvalue weighted by atomic mass is 10.1. The maximum Gasteiger partial charge on any atom is 0.264 e. The lowest BCUT2D eigenvalue weighted by Gasteiger charge is -2.22. The van der Waals surface area contributed by atoms with E-state index in [0.29, 0.717) is 11.5 Å². The quantitative estimate of drug-likeness (QED) is 0.640. The lowest BCUT2D eigenvalue weighted by Crippen LogP contribution is -2.28.